The highest BCUT2D eigenvalue weighted by Gasteiger charge is 2.11. The molecule has 2 aromatic carbocycles. The van der Waals surface area contributed by atoms with E-state index in [4.69, 9.17) is 32.7 Å². The van der Waals surface area contributed by atoms with E-state index in [9.17, 15) is 4.79 Å². The van der Waals surface area contributed by atoms with E-state index in [1.807, 2.05) is 24.3 Å². The average Bonchev–Trinajstić information content (AvgIpc) is 2.53. The fourth-order valence-corrected chi connectivity index (χ4v) is 2.47. The first-order chi connectivity index (χ1) is 11.0. The summed E-state index contributed by atoms with van der Waals surface area (Å²) in [6.07, 6.45) is 2.80. The summed E-state index contributed by atoms with van der Waals surface area (Å²) in [6, 6.07) is 11.2. The molecule has 0 fully saturated rings. The van der Waals surface area contributed by atoms with Crippen LogP contribution < -0.4 is 9.47 Å². The van der Waals surface area contributed by atoms with Crippen molar-refractivity contribution in [2.75, 3.05) is 7.11 Å². The standard InChI is InChI=1S/C17H13BrCl2O3/c1-22-15-9-12(4-7-16(20)21)8-14(19)17(15)23-10-11-2-5-13(18)6-3-11/h2-9H,10H2,1H3/b7-4+. The molecule has 0 heterocycles. The maximum atomic E-state index is 10.8. The number of carbonyl (C=O) groups is 1. The Balaban J connectivity index is 2.20. The number of hydrogen-bond acceptors (Lipinski definition) is 3. The van der Waals surface area contributed by atoms with Gasteiger partial charge in [0.15, 0.2) is 11.5 Å². The van der Waals surface area contributed by atoms with E-state index < -0.39 is 5.24 Å². The first kappa shape index (κ1) is 17.9. The maximum Gasteiger partial charge on any atom is 0.245 e. The van der Waals surface area contributed by atoms with E-state index in [-0.39, 0.29) is 0 Å². The molecule has 0 aliphatic heterocycles. The number of rotatable bonds is 6. The van der Waals surface area contributed by atoms with Gasteiger partial charge in [0.05, 0.1) is 12.1 Å². The van der Waals surface area contributed by atoms with Gasteiger partial charge < -0.3 is 9.47 Å². The smallest absolute Gasteiger partial charge is 0.245 e. The largest absolute Gasteiger partial charge is 0.493 e. The van der Waals surface area contributed by atoms with Gasteiger partial charge in [-0.2, -0.15) is 0 Å². The molecular weight excluding hydrogens is 403 g/mol. The molecule has 0 amide bonds. The van der Waals surface area contributed by atoms with Crippen LogP contribution in [-0.2, 0) is 11.4 Å². The van der Waals surface area contributed by atoms with E-state index in [2.05, 4.69) is 15.9 Å². The average molecular weight is 416 g/mol. The van der Waals surface area contributed by atoms with Crippen LogP contribution in [0.15, 0.2) is 46.9 Å². The fraction of sp³-hybridized carbons (Fsp3) is 0.118. The van der Waals surface area contributed by atoms with Gasteiger partial charge in [-0.15, -0.1) is 0 Å². The van der Waals surface area contributed by atoms with Gasteiger partial charge in [-0.05, 0) is 59.1 Å². The summed E-state index contributed by atoms with van der Waals surface area (Å²) >= 11 is 14.9. The molecule has 0 unspecified atom stereocenters. The first-order valence-electron chi connectivity index (χ1n) is 6.62. The lowest BCUT2D eigenvalue weighted by molar-refractivity contribution is -0.107. The molecule has 23 heavy (non-hydrogen) atoms. The van der Waals surface area contributed by atoms with E-state index in [0.717, 1.165) is 10.0 Å². The SMILES string of the molecule is COc1cc(/C=C/C(=O)Cl)cc(Cl)c1OCc1ccc(Br)cc1. The molecule has 0 aliphatic carbocycles. The minimum Gasteiger partial charge on any atom is -0.493 e. The van der Waals surface area contributed by atoms with E-state index in [1.54, 1.807) is 18.2 Å². The second-order valence-electron chi connectivity index (χ2n) is 4.59. The maximum absolute atomic E-state index is 10.8. The molecule has 6 heteroatoms. The Labute approximate surface area is 152 Å². The zero-order valence-electron chi connectivity index (χ0n) is 12.2. The number of methoxy groups -OCH3 is 1. The Bertz CT molecular complexity index is 727. The van der Waals surface area contributed by atoms with Crippen molar-refractivity contribution in [3.63, 3.8) is 0 Å². The summed E-state index contributed by atoms with van der Waals surface area (Å²) < 4.78 is 12.1. The highest BCUT2D eigenvalue weighted by Crippen LogP contribution is 2.37. The first-order valence-corrected chi connectivity index (χ1v) is 8.17. The van der Waals surface area contributed by atoms with Gasteiger partial charge in [-0.3, -0.25) is 4.79 Å². The number of halogens is 3. The van der Waals surface area contributed by atoms with Crippen molar-refractivity contribution in [3.05, 3.63) is 63.1 Å². The predicted octanol–water partition coefficient (Wildman–Crippen LogP) is 5.47. The van der Waals surface area contributed by atoms with E-state index >= 15 is 0 Å². The molecule has 0 radical (unpaired) electrons. The van der Waals surface area contributed by atoms with E-state index in [1.165, 1.54) is 13.2 Å². The van der Waals surface area contributed by atoms with Crippen LogP contribution in [0.5, 0.6) is 11.5 Å². The van der Waals surface area contributed by atoms with Crippen LogP contribution in [-0.4, -0.2) is 12.4 Å². The van der Waals surface area contributed by atoms with Crippen LogP contribution in [0.2, 0.25) is 5.02 Å². The molecule has 0 aromatic heterocycles. The zero-order chi connectivity index (χ0) is 16.8. The Kier molecular flexibility index (Phi) is 6.51. The Morgan fingerprint density at radius 1 is 1.26 bits per heavy atom. The van der Waals surface area contributed by atoms with Crippen molar-refractivity contribution in [2.45, 2.75) is 6.61 Å². The second-order valence-corrected chi connectivity index (χ2v) is 6.28. The van der Waals surface area contributed by atoms with Crippen molar-refractivity contribution in [2.24, 2.45) is 0 Å². The molecule has 3 nitrogen and oxygen atoms in total. The quantitative estimate of drug-likeness (QED) is 0.463. The summed E-state index contributed by atoms with van der Waals surface area (Å²) in [5, 5.41) is -0.168. The Morgan fingerprint density at radius 2 is 1.96 bits per heavy atom. The summed E-state index contributed by atoms with van der Waals surface area (Å²) in [4.78, 5) is 10.8. The second kappa shape index (κ2) is 8.39. The van der Waals surface area contributed by atoms with Gasteiger partial charge in [0, 0.05) is 4.47 Å². The van der Waals surface area contributed by atoms with Crippen LogP contribution in [0, 0.1) is 0 Å². The monoisotopic (exact) mass is 414 g/mol. The van der Waals surface area contributed by atoms with Gasteiger partial charge in [-0.1, -0.05) is 39.7 Å². The van der Waals surface area contributed by atoms with Gasteiger partial charge in [-0.25, -0.2) is 0 Å². The van der Waals surface area contributed by atoms with Crippen molar-refractivity contribution < 1.29 is 14.3 Å². The highest BCUT2D eigenvalue weighted by atomic mass is 79.9. The van der Waals surface area contributed by atoms with Crippen LogP contribution in [0.4, 0.5) is 0 Å². The van der Waals surface area contributed by atoms with Gasteiger partial charge in [0.25, 0.3) is 0 Å². The zero-order valence-corrected chi connectivity index (χ0v) is 15.3. The summed E-state index contributed by atoms with van der Waals surface area (Å²) in [7, 11) is 1.53. The molecule has 0 aliphatic rings. The molecule has 0 saturated carbocycles. The lowest BCUT2D eigenvalue weighted by Crippen LogP contribution is -1.99. The van der Waals surface area contributed by atoms with Crippen molar-refractivity contribution in [3.8, 4) is 11.5 Å². The van der Waals surface area contributed by atoms with E-state index in [0.29, 0.717) is 28.7 Å². The third kappa shape index (κ3) is 5.27. The van der Waals surface area contributed by atoms with Crippen LogP contribution >= 0.6 is 39.1 Å². The number of ether oxygens (including phenoxy) is 2. The molecule has 2 aromatic rings. The lowest BCUT2D eigenvalue weighted by atomic mass is 10.2. The summed E-state index contributed by atoms with van der Waals surface area (Å²) in [5.41, 5.74) is 1.69. The van der Waals surface area contributed by atoms with Crippen molar-refractivity contribution in [1.29, 1.82) is 0 Å². The minimum absolute atomic E-state index is 0.360. The molecule has 0 bridgehead atoms. The van der Waals surface area contributed by atoms with Gasteiger partial charge >= 0.3 is 0 Å². The van der Waals surface area contributed by atoms with Crippen LogP contribution in [0.25, 0.3) is 6.08 Å². The number of allylic oxidation sites excluding steroid dienone is 1. The normalized spacial score (nSPS) is 10.8. The molecule has 120 valence electrons. The molecule has 2 rings (SSSR count). The number of hydrogen-bond donors (Lipinski definition) is 0. The number of carbonyl (C=O) groups excluding carboxylic acids is 1. The highest BCUT2D eigenvalue weighted by molar-refractivity contribution is 9.10. The minimum atomic E-state index is -0.560. The van der Waals surface area contributed by atoms with Crippen LogP contribution in [0.3, 0.4) is 0 Å². The van der Waals surface area contributed by atoms with Crippen molar-refractivity contribution in [1.82, 2.24) is 0 Å². The molecular formula is C17H13BrCl2O3. The topological polar surface area (TPSA) is 35.5 Å². The number of benzene rings is 2. The summed E-state index contributed by atoms with van der Waals surface area (Å²) in [6.45, 7) is 0.360. The summed E-state index contributed by atoms with van der Waals surface area (Å²) in [5.74, 6) is 0.933. The molecule has 0 N–H and O–H groups in total. The third-order valence-corrected chi connectivity index (χ3v) is 3.89. The lowest BCUT2D eigenvalue weighted by Gasteiger charge is -2.13. The fourth-order valence-electron chi connectivity index (χ4n) is 1.87. The Morgan fingerprint density at radius 3 is 2.57 bits per heavy atom. The molecule has 0 saturated heterocycles. The predicted molar refractivity (Wildman–Crippen MR) is 96.4 cm³/mol. The van der Waals surface area contributed by atoms with Gasteiger partial charge in [0.2, 0.25) is 5.24 Å². The third-order valence-electron chi connectivity index (χ3n) is 2.96. The van der Waals surface area contributed by atoms with Crippen LogP contribution in [0.1, 0.15) is 11.1 Å². The Hall–Kier alpha value is -1.49. The molecule has 0 spiro atoms. The van der Waals surface area contributed by atoms with Crippen molar-refractivity contribution >= 4 is 50.5 Å². The van der Waals surface area contributed by atoms with Gasteiger partial charge in [0.1, 0.15) is 6.61 Å². The molecule has 0 atom stereocenters.